The minimum Gasteiger partial charge on any atom is -0.495 e. The summed E-state index contributed by atoms with van der Waals surface area (Å²) in [5.74, 6) is -0.585. The number of hydrogen-bond donors (Lipinski definition) is 2. The second-order valence-electron chi connectivity index (χ2n) is 5.95. The summed E-state index contributed by atoms with van der Waals surface area (Å²) >= 11 is 5.46. The van der Waals surface area contributed by atoms with Crippen LogP contribution in [0.5, 0.6) is 0 Å². The second kappa shape index (κ2) is 7.70. The maximum Gasteiger partial charge on any atom is 0.354 e. The van der Waals surface area contributed by atoms with Gasteiger partial charge in [-0.05, 0) is 62.2 Å². The van der Waals surface area contributed by atoms with Gasteiger partial charge in [-0.15, -0.1) is 0 Å². The lowest BCUT2D eigenvalue weighted by Gasteiger charge is -2.22. The third-order valence-corrected chi connectivity index (χ3v) is 4.77. The summed E-state index contributed by atoms with van der Waals surface area (Å²) in [4.78, 5) is 14.5. The zero-order valence-electron chi connectivity index (χ0n) is 15.2. The number of rotatable bonds is 6. The molecule has 1 aromatic heterocycles. The normalized spacial score (nSPS) is 12.9. The number of carboxylic acid groups (broad SMARTS) is 1. The monoisotopic (exact) mass is 360 g/mol. The van der Waals surface area contributed by atoms with Crippen molar-refractivity contribution in [1.29, 1.82) is 0 Å². The summed E-state index contributed by atoms with van der Waals surface area (Å²) in [5.41, 5.74) is 4.00. The van der Waals surface area contributed by atoms with Crippen molar-refractivity contribution in [2.75, 3.05) is 7.11 Å². The molecule has 5 nitrogen and oxygen atoms in total. The molecule has 25 heavy (non-hydrogen) atoms. The number of ether oxygens (including phenoxy) is 1. The number of imidazole rings is 1. The minimum atomic E-state index is -1.06. The van der Waals surface area contributed by atoms with Gasteiger partial charge in [0.05, 0.1) is 13.2 Å². The van der Waals surface area contributed by atoms with E-state index in [2.05, 4.69) is 44.0 Å². The molecule has 1 aromatic carbocycles. The fourth-order valence-electron chi connectivity index (χ4n) is 3.03. The molecule has 0 saturated carbocycles. The van der Waals surface area contributed by atoms with E-state index in [1.165, 1.54) is 18.2 Å². The lowest BCUT2D eigenvalue weighted by atomic mass is 9.99. The largest absolute Gasteiger partial charge is 0.495 e. The van der Waals surface area contributed by atoms with E-state index < -0.39 is 5.97 Å². The molecule has 2 aromatic rings. The quantitative estimate of drug-likeness (QED) is 0.570. The van der Waals surface area contributed by atoms with E-state index in [1.807, 2.05) is 11.5 Å². The molecule has 0 aliphatic carbocycles. The van der Waals surface area contributed by atoms with E-state index >= 15 is 0 Å². The van der Waals surface area contributed by atoms with Crippen molar-refractivity contribution in [3.8, 4) is 0 Å². The highest BCUT2D eigenvalue weighted by Gasteiger charge is 2.26. The van der Waals surface area contributed by atoms with Gasteiger partial charge in [0, 0.05) is 0 Å². The molecule has 0 saturated heterocycles. The summed E-state index contributed by atoms with van der Waals surface area (Å²) < 4.78 is 7.63. The van der Waals surface area contributed by atoms with Gasteiger partial charge in [-0.2, -0.15) is 0 Å². The molecule has 1 unspecified atom stereocenters. The molecule has 0 bridgehead atoms. The van der Waals surface area contributed by atoms with Gasteiger partial charge < -0.3 is 19.4 Å². The Morgan fingerprint density at radius 2 is 2.08 bits per heavy atom. The maximum absolute atomic E-state index is 11.7. The van der Waals surface area contributed by atoms with Crippen molar-refractivity contribution in [2.45, 2.75) is 40.2 Å². The van der Waals surface area contributed by atoms with Crippen LogP contribution in [0.3, 0.4) is 0 Å². The molecular weight excluding hydrogens is 336 g/mol. The number of nitrogens with one attached hydrogen (secondary N) is 1. The molecule has 0 spiro atoms. The van der Waals surface area contributed by atoms with Crippen molar-refractivity contribution >= 4 is 23.9 Å². The van der Waals surface area contributed by atoms with Gasteiger partial charge >= 0.3 is 5.97 Å². The summed E-state index contributed by atoms with van der Waals surface area (Å²) in [5, 5.41) is 9.58. The van der Waals surface area contributed by atoms with E-state index in [9.17, 15) is 9.90 Å². The standard InChI is InChI=1S/C19H24N2O3S/c1-6-14(13-9-8-11(3)12(4)10-13)21-17(15(7-2)24-5)16(18(22)23)20-19(21)25/h7-10,14H,6H2,1-5H3,(H,20,25)(H,22,23)/b15-7+. The van der Waals surface area contributed by atoms with E-state index in [1.54, 1.807) is 6.08 Å². The Morgan fingerprint density at radius 1 is 1.40 bits per heavy atom. The van der Waals surface area contributed by atoms with Crippen LogP contribution in [0, 0.1) is 18.6 Å². The lowest BCUT2D eigenvalue weighted by Crippen LogP contribution is -2.15. The van der Waals surface area contributed by atoms with E-state index in [0.717, 1.165) is 12.0 Å². The number of aromatic amines is 1. The number of aromatic carboxylic acids is 1. The van der Waals surface area contributed by atoms with Crippen LogP contribution < -0.4 is 0 Å². The van der Waals surface area contributed by atoms with Gasteiger partial charge in [-0.3, -0.25) is 0 Å². The molecule has 0 radical (unpaired) electrons. The second-order valence-corrected chi connectivity index (χ2v) is 6.34. The highest BCUT2D eigenvalue weighted by Crippen LogP contribution is 2.31. The number of hydrogen-bond acceptors (Lipinski definition) is 3. The minimum absolute atomic E-state index is 0.0437. The molecular formula is C19H24N2O3S. The van der Waals surface area contributed by atoms with Crippen molar-refractivity contribution < 1.29 is 14.6 Å². The Labute approximate surface area is 153 Å². The number of aromatic nitrogens is 2. The summed E-state index contributed by atoms with van der Waals surface area (Å²) in [6.45, 7) is 8.00. The zero-order chi connectivity index (χ0) is 18.7. The van der Waals surface area contributed by atoms with Gasteiger partial charge in [-0.1, -0.05) is 25.1 Å². The van der Waals surface area contributed by atoms with Crippen LogP contribution in [0.15, 0.2) is 24.3 Å². The number of carbonyl (C=O) groups is 1. The van der Waals surface area contributed by atoms with Crippen LogP contribution in [0.4, 0.5) is 0 Å². The van der Waals surface area contributed by atoms with Gasteiger partial charge in [-0.25, -0.2) is 4.79 Å². The Balaban J connectivity index is 2.76. The fourth-order valence-corrected chi connectivity index (χ4v) is 3.35. The number of nitrogens with zero attached hydrogens (tertiary/aromatic N) is 1. The molecule has 1 heterocycles. The molecule has 0 aliphatic heterocycles. The van der Waals surface area contributed by atoms with Crippen LogP contribution in [-0.2, 0) is 4.74 Å². The molecule has 6 heteroatoms. The molecule has 2 rings (SSSR count). The molecule has 2 N–H and O–H groups in total. The van der Waals surface area contributed by atoms with E-state index in [4.69, 9.17) is 17.0 Å². The van der Waals surface area contributed by atoms with Crippen molar-refractivity contribution in [3.63, 3.8) is 0 Å². The van der Waals surface area contributed by atoms with E-state index in [-0.39, 0.29) is 11.7 Å². The van der Waals surface area contributed by atoms with Gasteiger partial charge in [0.15, 0.2) is 10.5 Å². The number of H-pyrrole nitrogens is 1. The first-order chi connectivity index (χ1) is 11.8. The Kier molecular flexibility index (Phi) is 5.85. The highest BCUT2D eigenvalue weighted by molar-refractivity contribution is 7.71. The molecule has 0 aliphatic rings. The Bertz CT molecular complexity index is 877. The maximum atomic E-state index is 11.7. The lowest BCUT2D eigenvalue weighted by molar-refractivity contribution is 0.0690. The first-order valence-corrected chi connectivity index (χ1v) is 8.62. The molecule has 1 atom stereocenters. The van der Waals surface area contributed by atoms with Crippen LogP contribution in [0.2, 0.25) is 0 Å². The smallest absolute Gasteiger partial charge is 0.354 e. The van der Waals surface area contributed by atoms with Crippen molar-refractivity contribution in [2.24, 2.45) is 0 Å². The van der Waals surface area contributed by atoms with Crippen molar-refractivity contribution in [1.82, 2.24) is 9.55 Å². The number of methoxy groups -OCH3 is 1. The van der Waals surface area contributed by atoms with Crippen LogP contribution in [0.1, 0.15) is 59.2 Å². The zero-order valence-corrected chi connectivity index (χ0v) is 16.0. The number of benzene rings is 1. The van der Waals surface area contributed by atoms with Crippen LogP contribution in [0.25, 0.3) is 5.76 Å². The average Bonchev–Trinajstić information content (AvgIpc) is 2.91. The fraction of sp³-hybridized carbons (Fsp3) is 0.368. The van der Waals surface area contributed by atoms with Crippen molar-refractivity contribution in [3.05, 3.63) is 57.1 Å². The molecule has 0 amide bonds. The van der Waals surface area contributed by atoms with E-state index in [0.29, 0.717) is 16.2 Å². The molecule has 134 valence electrons. The summed E-state index contributed by atoms with van der Waals surface area (Å²) in [7, 11) is 1.53. The highest BCUT2D eigenvalue weighted by atomic mass is 32.1. The van der Waals surface area contributed by atoms with Gasteiger partial charge in [0.1, 0.15) is 11.5 Å². The van der Waals surface area contributed by atoms with Gasteiger partial charge in [0.25, 0.3) is 0 Å². The number of aryl methyl sites for hydroxylation is 2. The van der Waals surface area contributed by atoms with Crippen LogP contribution in [-0.4, -0.2) is 27.7 Å². The van der Waals surface area contributed by atoms with Gasteiger partial charge in [0.2, 0.25) is 0 Å². The third-order valence-electron chi connectivity index (χ3n) is 4.47. The Hall–Kier alpha value is -2.34. The molecule has 0 fully saturated rings. The van der Waals surface area contributed by atoms with Crippen LogP contribution >= 0.6 is 12.2 Å². The summed E-state index contributed by atoms with van der Waals surface area (Å²) in [6.07, 6.45) is 2.51. The first-order valence-electron chi connectivity index (χ1n) is 8.21. The number of allylic oxidation sites excluding steroid dienone is 1. The predicted molar refractivity (Wildman–Crippen MR) is 102 cm³/mol. The first kappa shape index (κ1) is 19.0. The SMILES string of the molecule is C/C=C(/OC)c1c(C(=O)O)[nH]c(=S)n1C(CC)c1ccc(C)c(C)c1. The Morgan fingerprint density at radius 3 is 2.56 bits per heavy atom. The number of carboxylic acids is 1. The average molecular weight is 360 g/mol. The predicted octanol–water partition coefficient (Wildman–Crippen LogP) is 4.87. The summed E-state index contributed by atoms with van der Waals surface area (Å²) in [6, 6.07) is 6.19. The third kappa shape index (κ3) is 3.54. The topological polar surface area (TPSA) is 67.2 Å².